The largest absolute Gasteiger partial charge is 0.435 e. The van der Waals surface area contributed by atoms with Crippen molar-refractivity contribution in [2.45, 2.75) is 51.1 Å². The number of halogens is 3. The summed E-state index contributed by atoms with van der Waals surface area (Å²) in [7, 11) is 0. The molecule has 9 heteroatoms. The van der Waals surface area contributed by atoms with Crippen LogP contribution in [0.3, 0.4) is 0 Å². The second-order valence-corrected chi connectivity index (χ2v) is 8.88. The van der Waals surface area contributed by atoms with Gasteiger partial charge in [0.25, 0.3) is 5.91 Å². The Hall–Kier alpha value is -2.81. The Labute approximate surface area is 189 Å². The number of amides is 1. The van der Waals surface area contributed by atoms with Gasteiger partial charge >= 0.3 is 6.18 Å². The summed E-state index contributed by atoms with van der Waals surface area (Å²) in [6.45, 7) is 4.29. The Kier molecular flexibility index (Phi) is 7.60. The van der Waals surface area contributed by atoms with E-state index in [2.05, 4.69) is 27.2 Å². The quantitative estimate of drug-likeness (QED) is 0.403. The van der Waals surface area contributed by atoms with E-state index in [4.69, 9.17) is 0 Å². The molecule has 3 aromatic heterocycles. The van der Waals surface area contributed by atoms with Gasteiger partial charge in [0, 0.05) is 42.3 Å². The van der Waals surface area contributed by atoms with Crippen LogP contribution in [0.15, 0.2) is 49.1 Å². The van der Waals surface area contributed by atoms with Crippen LogP contribution in [0.2, 0.25) is 0 Å². The molecule has 0 aromatic carbocycles. The van der Waals surface area contributed by atoms with Gasteiger partial charge in [0.15, 0.2) is 5.69 Å². The van der Waals surface area contributed by atoms with Gasteiger partial charge in [0.05, 0.1) is 0 Å². The molecular weight excluding hydrogens is 437 g/mol. The summed E-state index contributed by atoms with van der Waals surface area (Å²) >= 11 is 0.720. The summed E-state index contributed by atoms with van der Waals surface area (Å²) < 4.78 is 40.9. The number of alkyl halides is 3. The molecule has 3 rings (SSSR count). The standard InChI is InChI=1S/C23H25F3N4OS/c1-3-4-5-10-22(2,17-9-7-12-28-14-17)15-29-20(31)18-19(23(24,25)26)30-21(32-18)16-8-6-11-27-13-16/h6-9,11-14H,3-5,10,15H2,1-2H3,(H,29,31). The van der Waals surface area contributed by atoms with Crippen molar-refractivity contribution in [3.05, 3.63) is 65.2 Å². The zero-order valence-corrected chi connectivity index (χ0v) is 18.8. The maximum atomic E-state index is 13.6. The minimum atomic E-state index is -4.74. The Morgan fingerprint density at radius 1 is 1.09 bits per heavy atom. The van der Waals surface area contributed by atoms with Crippen molar-refractivity contribution in [3.63, 3.8) is 0 Å². The Morgan fingerprint density at radius 2 is 1.81 bits per heavy atom. The smallest absolute Gasteiger partial charge is 0.350 e. The molecule has 5 nitrogen and oxygen atoms in total. The predicted octanol–water partition coefficient (Wildman–Crippen LogP) is 5.89. The lowest BCUT2D eigenvalue weighted by Crippen LogP contribution is -2.39. The maximum absolute atomic E-state index is 13.6. The van der Waals surface area contributed by atoms with Gasteiger partial charge in [-0.2, -0.15) is 13.2 Å². The molecule has 0 fully saturated rings. The van der Waals surface area contributed by atoms with Crippen molar-refractivity contribution in [1.29, 1.82) is 0 Å². The number of carbonyl (C=O) groups is 1. The number of hydrogen-bond acceptors (Lipinski definition) is 5. The van der Waals surface area contributed by atoms with Crippen LogP contribution in [0.5, 0.6) is 0 Å². The van der Waals surface area contributed by atoms with E-state index in [1.54, 1.807) is 24.5 Å². The molecule has 1 amide bonds. The first-order valence-corrected chi connectivity index (χ1v) is 11.2. The molecule has 0 aliphatic rings. The van der Waals surface area contributed by atoms with Gasteiger partial charge in [-0.05, 0) is 30.2 Å². The van der Waals surface area contributed by atoms with Gasteiger partial charge in [-0.15, -0.1) is 11.3 Å². The van der Waals surface area contributed by atoms with Gasteiger partial charge in [-0.1, -0.05) is 39.2 Å². The zero-order chi connectivity index (χ0) is 23.2. The van der Waals surface area contributed by atoms with Crippen LogP contribution in [-0.2, 0) is 11.6 Å². The molecular formula is C23H25F3N4OS. The monoisotopic (exact) mass is 462 g/mol. The normalized spacial score (nSPS) is 13.5. The fourth-order valence-electron chi connectivity index (χ4n) is 3.45. The number of nitrogens with zero attached hydrogens (tertiary/aromatic N) is 3. The molecule has 3 heterocycles. The molecule has 1 N–H and O–H groups in total. The first-order valence-electron chi connectivity index (χ1n) is 10.4. The number of nitrogens with one attached hydrogen (secondary N) is 1. The van der Waals surface area contributed by atoms with Crippen molar-refractivity contribution in [2.75, 3.05) is 6.54 Å². The van der Waals surface area contributed by atoms with Gasteiger partial charge in [-0.25, -0.2) is 4.98 Å². The van der Waals surface area contributed by atoms with Crippen LogP contribution in [0.1, 0.15) is 60.5 Å². The fraction of sp³-hybridized carbons (Fsp3) is 0.391. The van der Waals surface area contributed by atoms with E-state index in [1.165, 1.54) is 12.4 Å². The summed E-state index contributed by atoms with van der Waals surface area (Å²) in [4.78, 5) is 24.3. The van der Waals surface area contributed by atoms with Crippen LogP contribution in [-0.4, -0.2) is 27.4 Å². The van der Waals surface area contributed by atoms with Gasteiger partial charge in [0.1, 0.15) is 9.88 Å². The van der Waals surface area contributed by atoms with Crippen molar-refractivity contribution >= 4 is 17.2 Å². The highest BCUT2D eigenvalue weighted by Gasteiger charge is 2.40. The molecule has 0 aliphatic heterocycles. The first-order chi connectivity index (χ1) is 15.2. The topological polar surface area (TPSA) is 67.8 Å². The molecule has 0 bridgehead atoms. The van der Waals surface area contributed by atoms with Crippen molar-refractivity contribution in [2.24, 2.45) is 0 Å². The fourth-order valence-corrected chi connectivity index (χ4v) is 4.45. The first kappa shape index (κ1) is 23.8. The maximum Gasteiger partial charge on any atom is 0.435 e. The molecule has 0 spiro atoms. The third-order valence-corrected chi connectivity index (χ3v) is 6.44. The molecule has 170 valence electrons. The molecule has 32 heavy (non-hydrogen) atoms. The number of unbranched alkanes of at least 4 members (excludes halogenated alkanes) is 2. The van der Waals surface area contributed by atoms with Crippen LogP contribution in [0, 0.1) is 0 Å². The summed E-state index contributed by atoms with van der Waals surface area (Å²) in [6.07, 6.45) is 5.42. The molecule has 1 atom stereocenters. The van der Waals surface area contributed by atoms with E-state index < -0.39 is 28.1 Å². The highest BCUT2D eigenvalue weighted by atomic mass is 32.1. The van der Waals surface area contributed by atoms with E-state index in [0.717, 1.165) is 42.6 Å². The molecule has 1 unspecified atom stereocenters. The van der Waals surface area contributed by atoms with Gasteiger partial charge in [-0.3, -0.25) is 14.8 Å². The molecule has 0 radical (unpaired) electrons. The minimum Gasteiger partial charge on any atom is -0.350 e. The number of carbonyl (C=O) groups excluding carboxylic acids is 1. The summed E-state index contributed by atoms with van der Waals surface area (Å²) in [5.41, 5.74) is -0.253. The van der Waals surface area contributed by atoms with E-state index in [9.17, 15) is 18.0 Å². The Balaban J connectivity index is 1.85. The second-order valence-electron chi connectivity index (χ2n) is 7.88. The molecule has 0 aliphatic carbocycles. The third kappa shape index (κ3) is 5.70. The summed E-state index contributed by atoms with van der Waals surface area (Å²) in [5.74, 6) is -0.782. The van der Waals surface area contributed by atoms with E-state index >= 15 is 0 Å². The van der Waals surface area contributed by atoms with Crippen LogP contribution < -0.4 is 5.32 Å². The number of thiazole rings is 1. The Bertz CT molecular complexity index is 1020. The van der Waals surface area contributed by atoms with Crippen molar-refractivity contribution in [3.8, 4) is 10.6 Å². The number of pyridine rings is 2. The van der Waals surface area contributed by atoms with Gasteiger partial charge in [0.2, 0.25) is 0 Å². The molecule has 3 aromatic rings. The highest BCUT2D eigenvalue weighted by molar-refractivity contribution is 7.17. The number of hydrogen-bond donors (Lipinski definition) is 1. The van der Waals surface area contributed by atoms with E-state index in [0.29, 0.717) is 5.56 Å². The van der Waals surface area contributed by atoms with E-state index in [1.807, 2.05) is 19.1 Å². The summed E-state index contributed by atoms with van der Waals surface area (Å²) in [5, 5.41) is 2.84. The molecule has 0 saturated carbocycles. The van der Waals surface area contributed by atoms with Crippen LogP contribution >= 0.6 is 11.3 Å². The SMILES string of the molecule is CCCCCC(C)(CNC(=O)c1sc(-c2cccnc2)nc1C(F)(F)F)c1cccnc1. The van der Waals surface area contributed by atoms with Crippen molar-refractivity contribution < 1.29 is 18.0 Å². The Morgan fingerprint density at radius 3 is 2.41 bits per heavy atom. The minimum absolute atomic E-state index is 0.105. The molecule has 0 saturated heterocycles. The van der Waals surface area contributed by atoms with Crippen LogP contribution in [0.25, 0.3) is 10.6 Å². The van der Waals surface area contributed by atoms with E-state index in [-0.39, 0.29) is 11.6 Å². The lowest BCUT2D eigenvalue weighted by atomic mass is 9.78. The van der Waals surface area contributed by atoms with Gasteiger partial charge < -0.3 is 5.32 Å². The number of aromatic nitrogens is 3. The van der Waals surface area contributed by atoms with Crippen molar-refractivity contribution in [1.82, 2.24) is 20.3 Å². The average Bonchev–Trinajstić information content (AvgIpc) is 3.25. The zero-order valence-electron chi connectivity index (χ0n) is 17.9. The highest BCUT2D eigenvalue weighted by Crippen LogP contribution is 2.38. The lowest BCUT2D eigenvalue weighted by molar-refractivity contribution is -0.141. The number of rotatable bonds is 9. The average molecular weight is 463 g/mol. The summed E-state index contributed by atoms with van der Waals surface area (Å²) in [6, 6.07) is 6.97. The third-order valence-electron chi connectivity index (χ3n) is 5.34. The predicted molar refractivity (Wildman–Crippen MR) is 118 cm³/mol. The van der Waals surface area contributed by atoms with Crippen LogP contribution in [0.4, 0.5) is 13.2 Å². The lowest BCUT2D eigenvalue weighted by Gasteiger charge is -2.30. The second kappa shape index (κ2) is 10.2.